The molecule has 3 N–H and O–H groups in total. The Morgan fingerprint density at radius 1 is 1.16 bits per heavy atom. The van der Waals surface area contributed by atoms with E-state index in [-0.39, 0.29) is 5.56 Å². The molecule has 3 aromatic rings. The van der Waals surface area contributed by atoms with E-state index in [9.17, 15) is 14.5 Å². The highest BCUT2D eigenvalue weighted by molar-refractivity contribution is 7.46. The standard InChI is InChI=1S/C21H22N3O6P/c1-15(25)21-22-10-12-24(21)19(14-30-31(27,28)29)8-5-16-3-6-17(7-4-16)18-9-11-23(2)20(26)13-18/h3-4,6-7,9-13,15,19,25H,14H2,1-2H3,(H2,27,28,29)/t15-,19-/m0/s1. The summed E-state index contributed by atoms with van der Waals surface area (Å²) in [5.41, 5.74) is 2.20. The molecule has 0 aliphatic rings. The van der Waals surface area contributed by atoms with Crippen molar-refractivity contribution < 1.29 is 24.0 Å². The van der Waals surface area contributed by atoms with Gasteiger partial charge in [-0.1, -0.05) is 24.0 Å². The van der Waals surface area contributed by atoms with Crippen LogP contribution in [-0.2, 0) is 16.1 Å². The Hall–Kier alpha value is -2.99. The number of aromatic nitrogens is 3. The van der Waals surface area contributed by atoms with Crippen LogP contribution in [-0.4, -0.2) is 35.6 Å². The summed E-state index contributed by atoms with van der Waals surface area (Å²) in [6, 6.07) is 9.84. The van der Waals surface area contributed by atoms with E-state index >= 15 is 0 Å². The molecule has 0 spiro atoms. The Bertz CT molecular complexity index is 1210. The van der Waals surface area contributed by atoms with Crippen molar-refractivity contribution >= 4 is 7.82 Å². The average molecular weight is 443 g/mol. The third kappa shape index (κ3) is 6.01. The number of phosphoric ester groups is 1. The molecule has 0 fully saturated rings. The highest BCUT2D eigenvalue weighted by Crippen LogP contribution is 2.37. The van der Waals surface area contributed by atoms with Crippen molar-refractivity contribution in [1.82, 2.24) is 14.1 Å². The Morgan fingerprint density at radius 2 is 1.87 bits per heavy atom. The first-order valence-corrected chi connectivity index (χ1v) is 10.9. The zero-order chi connectivity index (χ0) is 22.6. The molecule has 3 rings (SSSR count). The fourth-order valence-corrected chi connectivity index (χ4v) is 3.25. The first kappa shape index (κ1) is 22.7. The van der Waals surface area contributed by atoms with E-state index in [0.717, 1.165) is 11.1 Å². The van der Waals surface area contributed by atoms with E-state index in [4.69, 9.17) is 9.79 Å². The Kier molecular flexibility index (Phi) is 6.91. The van der Waals surface area contributed by atoms with E-state index in [2.05, 4.69) is 21.3 Å². The fourth-order valence-electron chi connectivity index (χ4n) is 2.91. The number of aliphatic hydroxyl groups excluding tert-OH is 1. The lowest BCUT2D eigenvalue weighted by molar-refractivity contribution is 0.165. The van der Waals surface area contributed by atoms with Gasteiger partial charge in [-0.05, 0) is 36.2 Å². The van der Waals surface area contributed by atoms with Crippen LogP contribution in [0, 0.1) is 11.8 Å². The third-order valence-electron chi connectivity index (χ3n) is 4.51. The van der Waals surface area contributed by atoms with Gasteiger partial charge in [0, 0.05) is 37.3 Å². The van der Waals surface area contributed by atoms with Gasteiger partial charge in [-0.2, -0.15) is 0 Å². The van der Waals surface area contributed by atoms with Crippen molar-refractivity contribution in [3.63, 3.8) is 0 Å². The van der Waals surface area contributed by atoms with E-state index in [0.29, 0.717) is 11.4 Å². The first-order chi connectivity index (χ1) is 14.6. The SMILES string of the molecule is C[C@H](O)c1nccn1[C@@H](C#Cc1ccc(-c2ccn(C)c(=O)c2)cc1)COP(=O)(O)O. The van der Waals surface area contributed by atoms with Gasteiger partial charge in [0.25, 0.3) is 5.56 Å². The Balaban J connectivity index is 1.87. The van der Waals surface area contributed by atoms with Crippen LogP contribution in [0.3, 0.4) is 0 Å². The van der Waals surface area contributed by atoms with Gasteiger partial charge in [0.2, 0.25) is 0 Å². The Labute approximate surface area is 178 Å². The van der Waals surface area contributed by atoms with Crippen LogP contribution in [0.4, 0.5) is 0 Å². The van der Waals surface area contributed by atoms with Crippen molar-refractivity contribution in [2.24, 2.45) is 7.05 Å². The third-order valence-corrected chi connectivity index (χ3v) is 5.00. The number of hydrogen-bond donors (Lipinski definition) is 3. The number of rotatable bonds is 6. The quantitative estimate of drug-likeness (QED) is 0.393. The zero-order valence-electron chi connectivity index (χ0n) is 16.9. The summed E-state index contributed by atoms with van der Waals surface area (Å²) >= 11 is 0. The monoisotopic (exact) mass is 443 g/mol. The van der Waals surface area contributed by atoms with Crippen LogP contribution in [0.15, 0.2) is 59.8 Å². The molecule has 0 aliphatic carbocycles. The van der Waals surface area contributed by atoms with Gasteiger partial charge in [-0.15, -0.1) is 0 Å². The number of phosphoric acid groups is 1. The summed E-state index contributed by atoms with van der Waals surface area (Å²) in [4.78, 5) is 34.0. The first-order valence-electron chi connectivity index (χ1n) is 9.33. The summed E-state index contributed by atoms with van der Waals surface area (Å²) in [5, 5.41) is 9.88. The maximum absolute atomic E-state index is 11.8. The van der Waals surface area contributed by atoms with Gasteiger partial charge >= 0.3 is 7.82 Å². The van der Waals surface area contributed by atoms with Crippen molar-refractivity contribution in [2.45, 2.75) is 19.1 Å². The van der Waals surface area contributed by atoms with Gasteiger partial charge in [-0.3, -0.25) is 9.32 Å². The molecule has 2 aromatic heterocycles. The molecule has 0 unspecified atom stereocenters. The number of imidazole rings is 1. The molecule has 162 valence electrons. The lowest BCUT2D eigenvalue weighted by atomic mass is 10.1. The largest absolute Gasteiger partial charge is 0.469 e. The molecule has 0 amide bonds. The average Bonchev–Trinajstić information content (AvgIpc) is 3.20. The second kappa shape index (κ2) is 9.43. The minimum atomic E-state index is -4.70. The van der Waals surface area contributed by atoms with Crippen LogP contribution in [0.1, 0.15) is 30.5 Å². The molecule has 2 atom stereocenters. The molecule has 0 saturated heterocycles. The summed E-state index contributed by atoms with van der Waals surface area (Å²) in [6.45, 7) is 1.14. The molecule has 9 nitrogen and oxygen atoms in total. The lowest BCUT2D eigenvalue weighted by Gasteiger charge is -2.17. The summed E-state index contributed by atoms with van der Waals surface area (Å²) < 4.78 is 18.8. The molecule has 1 aromatic carbocycles. The zero-order valence-corrected chi connectivity index (χ0v) is 17.8. The molecule has 0 radical (unpaired) electrons. The maximum Gasteiger partial charge on any atom is 0.469 e. The lowest BCUT2D eigenvalue weighted by Crippen LogP contribution is -2.17. The van der Waals surface area contributed by atoms with Gasteiger partial charge in [0.05, 0.1) is 6.61 Å². The topological polar surface area (TPSA) is 127 Å². The highest BCUT2D eigenvalue weighted by atomic mass is 31.2. The van der Waals surface area contributed by atoms with Crippen LogP contribution in [0.2, 0.25) is 0 Å². The maximum atomic E-state index is 11.8. The van der Waals surface area contributed by atoms with Gasteiger partial charge in [-0.25, -0.2) is 9.55 Å². The van der Waals surface area contributed by atoms with E-state index in [1.807, 2.05) is 18.2 Å². The predicted octanol–water partition coefficient (Wildman–Crippen LogP) is 2.00. The van der Waals surface area contributed by atoms with Gasteiger partial charge in [0.15, 0.2) is 0 Å². The summed E-state index contributed by atoms with van der Waals surface area (Å²) in [7, 11) is -3.01. The summed E-state index contributed by atoms with van der Waals surface area (Å²) in [6.07, 6.45) is 3.82. The second-order valence-corrected chi connectivity index (χ2v) is 8.12. The van der Waals surface area contributed by atoms with Crippen LogP contribution >= 0.6 is 7.82 Å². The summed E-state index contributed by atoms with van der Waals surface area (Å²) in [5.74, 6) is 6.18. The van der Waals surface area contributed by atoms with Gasteiger partial charge in [0.1, 0.15) is 18.0 Å². The molecule has 10 heteroatoms. The van der Waals surface area contributed by atoms with Crippen molar-refractivity contribution in [2.75, 3.05) is 6.61 Å². The van der Waals surface area contributed by atoms with Crippen LogP contribution in [0.5, 0.6) is 0 Å². The minimum Gasteiger partial charge on any atom is -0.385 e. The molecule has 2 heterocycles. The normalized spacial score (nSPS) is 13.3. The molecular weight excluding hydrogens is 421 g/mol. The molecule has 31 heavy (non-hydrogen) atoms. The smallest absolute Gasteiger partial charge is 0.385 e. The number of hydrogen-bond acceptors (Lipinski definition) is 5. The predicted molar refractivity (Wildman–Crippen MR) is 114 cm³/mol. The molecule has 0 saturated carbocycles. The van der Waals surface area contributed by atoms with E-state index in [1.54, 1.807) is 37.6 Å². The molecular formula is C21H22N3O6P. The minimum absolute atomic E-state index is 0.108. The number of aliphatic hydroxyl groups is 1. The van der Waals surface area contributed by atoms with E-state index < -0.39 is 26.6 Å². The number of aryl methyl sites for hydroxylation is 1. The Morgan fingerprint density at radius 3 is 2.48 bits per heavy atom. The number of pyridine rings is 1. The van der Waals surface area contributed by atoms with Crippen molar-refractivity contribution in [3.8, 4) is 23.0 Å². The fraction of sp³-hybridized carbons (Fsp3) is 0.238. The second-order valence-electron chi connectivity index (χ2n) is 6.88. The molecule has 0 bridgehead atoms. The van der Waals surface area contributed by atoms with Gasteiger partial charge < -0.3 is 24.0 Å². The highest BCUT2D eigenvalue weighted by Gasteiger charge is 2.21. The van der Waals surface area contributed by atoms with Crippen molar-refractivity contribution in [3.05, 3.63) is 76.7 Å². The van der Waals surface area contributed by atoms with Crippen LogP contribution < -0.4 is 5.56 Å². The molecule has 0 aliphatic heterocycles. The van der Waals surface area contributed by atoms with E-state index in [1.165, 1.54) is 22.3 Å². The number of nitrogens with zero attached hydrogens (tertiary/aromatic N) is 3. The van der Waals surface area contributed by atoms with Crippen molar-refractivity contribution in [1.29, 1.82) is 0 Å². The van der Waals surface area contributed by atoms with Crippen LogP contribution in [0.25, 0.3) is 11.1 Å². The number of benzene rings is 1.